The van der Waals surface area contributed by atoms with Crippen LogP contribution < -0.4 is 11.1 Å². The number of nitrogens with one attached hydrogen (secondary N) is 1. The van der Waals surface area contributed by atoms with Crippen LogP contribution in [0.4, 0.5) is 0 Å². The number of pyridine rings is 1. The monoisotopic (exact) mass is 354 g/mol. The van der Waals surface area contributed by atoms with E-state index in [-0.39, 0.29) is 5.84 Å². The lowest BCUT2D eigenvalue weighted by molar-refractivity contribution is 0.318. The summed E-state index contributed by atoms with van der Waals surface area (Å²) < 4.78 is 1.15. The van der Waals surface area contributed by atoms with Crippen LogP contribution in [0.5, 0.6) is 0 Å². The number of thiophene rings is 1. The quantitative estimate of drug-likeness (QED) is 0.244. The number of amidine groups is 1. The number of nitrogens with zero attached hydrogens (tertiary/aromatic N) is 2. The van der Waals surface area contributed by atoms with Crippen LogP contribution in [0.3, 0.4) is 0 Å². The second kappa shape index (κ2) is 7.37. The van der Waals surface area contributed by atoms with Gasteiger partial charge in [-0.2, -0.15) is 0 Å². The van der Waals surface area contributed by atoms with Crippen LogP contribution in [0.15, 0.2) is 39.4 Å². The maximum atomic E-state index is 8.73. The standard InChI is InChI=1S/C13H15BrN4OS/c14-11-4-3-10(20-11)5-7-16-8-9-2-1-6-17-12(9)13(15)18-19/h1-4,6,16,19H,5,7-8H2,(H2,15,18). The highest BCUT2D eigenvalue weighted by Crippen LogP contribution is 2.22. The highest BCUT2D eigenvalue weighted by atomic mass is 79.9. The van der Waals surface area contributed by atoms with Crippen molar-refractivity contribution in [2.45, 2.75) is 13.0 Å². The zero-order chi connectivity index (χ0) is 14.4. The average molecular weight is 355 g/mol. The van der Waals surface area contributed by atoms with Crippen LogP contribution >= 0.6 is 27.3 Å². The average Bonchev–Trinajstić information content (AvgIpc) is 2.89. The van der Waals surface area contributed by atoms with E-state index in [9.17, 15) is 0 Å². The number of rotatable bonds is 6. The van der Waals surface area contributed by atoms with Gasteiger partial charge < -0.3 is 16.3 Å². The zero-order valence-corrected chi connectivity index (χ0v) is 13.1. The van der Waals surface area contributed by atoms with E-state index in [2.05, 4.69) is 43.5 Å². The molecule has 2 aromatic heterocycles. The smallest absolute Gasteiger partial charge is 0.189 e. The summed E-state index contributed by atoms with van der Waals surface area (Å²) in [6.45, 7) is 1.49. The minimum atomic E-state index is 0.0320. The van der Waals surface area contributed by atoms with Crippen LogP contribution in [-0.4, -0.2) is 22.6 Å². The van der Waals surface area contributed by atoms with Crippen molar-refractivity contribution in [3.63, 3.8) is 0 Å². The maximum absolute atomic E-state index is 8.73. The number of nitrogens with two attached hydrogens (primary N) is 1. The lowest BCUT2D eigenvalue weighted by Crippen LogP contribution is -2.22. The molecule has 0 saturated heterocycles. The minimum absolute atomic E-state index is 0.0320. The summed E-state index contributed by atoms with van der Waals surface area (Å²) in [7, 11) is 0. The van der Waals surface area contributed by atoms with Gasteiger partial charge in [0.05, 0.1) is 3.79 Å². The van der Waals surface area contributed by atoms with Gasteiger partial charge in [0.15, 0.2) is 5.84 Å². The molecule has 106 valence electrons. The van der Waals surface area contributed by atoms with Crippen LogP contribution in [-0.2, 0) is 13.0 Å². The van der Waals surface area contributed by atoms with Crippen LogP contribution in [0.1, 0.15) is 16.1 Å². The molecular formula is C13H15BrN4OS. The summed E-state index contributed by atoms with van der Waals surface area (Å²) in [5.41, 5.74) is 7.03. The van der Waals surface area contributed by atoms with Gasteiger partial charge in [0.2, 0.25) is 0 Å². The Kier molecular flexibility index (Phi) is 5.51. The predicted octanol–water partition coefficient (Wildman–Crippen LogP) is 2.33. The number of oxime groups is 1. The van der Waals surface area contributed by atoms with E-state index in [0.717, 1.165) is 22.3 Å². The van der Waals surface area contributed by atoms with Gasteiger partial charge in [0.25, 0.3) is 0 Å². The normalized spacial score (nSPS) is 11.8. The fourth-order valence-electron chi connectivity index (χ4n) is 1.78. The second-order valence-electron chi connectivity index (χ2n) is 4.13. The first kappa shape index (κ1) is 15.0. The Bertz CT molecular complexity index is 600. The molecule has 0 radical (unpaired) electrons. The molecule has 2 heterocycles. The highest BCUT2D eigenvalue weighted by Gasteiger charge is 2.07. The Balaban J connectivity index is 1.88. The topological polar surface area (TPSA) is 83.5 Å². The first-order valence-electron chi connectivity index (χ1n) is 6.07. The molecule has 0 atom stereocenters. The van der Waals surface area contributed by atoms with Crippen molar-refractivity contribution in [2.75, 3.05) is 6.54 Å². The van der Waals surface area contributed by atoms with Gasteiger partial charge in [0.1, 0.15) is 5.69 Å². The molecule has 20 heavy (non-hydrogen) atoms. The lowest BCUT2D eigenvalue weighted by atomic mass is 10.2. The predicted molar refractivity (Wildman–Crippen MR) is 84.2 cm³/mol. The van der Waals surface area contributed by atoms with E-state index < -0.39 is 0 Å². The van der Waals surface area contributed by atoms with Crippen molar-refractivity contribution >= 4 is 33.1 Å². The second-order valence-corrected chi connectivity index (χ2v) is 6.68. The first-order chi connectivity index (χ1) is 9.70. The van der Waals surface area contributed by atoms with Crippen LogP contribution in [0.25, 0.3) is 0 Å². The van der Waals surface area contributed by atoms with Crippen molar-refractivity contribution < 1.29 is 5.21 Å². The molecular weight excluding hydrogens is 340 g/mol. The van der Waals surface area contributed by atoms with Gasteiger partial charge >= 0.3 is 0 Å². The van der Waals surface area contributed by atoms with Gasteiger partial charge in [-0.15, -0.1) is 11.3 Å². The molecule has 2 aromatic rings. The largest absolute Gasteiger partial charge is 0.409 e. The third-order valence-corrected chi connectivity index (χ3v) is 4.42. The van der Waals surface area contributed by atoms with Gasteiger partial charge in [-0.05, 0) is 46.1 Å². The van der Waals surface area contributed by atoms with Crippen molar-refractivity contribution in [3.8, 4) is 0 Å². The highest BCUT2D eigenvalue weighted by molar-refractivity contribution is 9.11. The molecule has 0 aliphatic carbocycles. The Morgan fingerprint density at radius 3 is 3.00 bits per heavy atom. The molecule has 0 aliphatic rings. The van der Waals surface area contributed by atoms with Crippen molar-refractivity contribution in [1.82, 2.24) is 10.3 Å². The van der Waals surface area contributed by atoms with E-state index in [1.54, 1.807) is 17.5 Å². The zero-order valence-electron chi connectivity index (χ0n) is 10.7. The Labute approximate surface area is 129 Å². The van der Waals surface area contributed by atoms with Crippen molar-refractivity contribution in [1.29, 1.82) is 0 Å². The fraction of sp³-hybridized carbons (Fsp3) is 0.231. The SMILES string of the molecule is N/C(=N/O)c1ncccc1CNCCc1ccc(Br)s1. The van der Waals surface area contributed by atoms with E-state index in [1.807, 2.05) is 12.1 Å². The molecule has 0 aromatic carbocycles. The van der Waals surface area contributed by atoms with E-state index in [0.29, 0.717) is 12.2 Å². The molecule has 7 heteroatoms. The molecule has 0 aliphatic heterocycles. The van der Waals surface area contributed by atoms with Gasteiger partial charge in [0, 0.05) is 24.2 Å². The van der Waals surface area contributed by atoms with E-state index in [1.165, 1.54) is 4.88 Å². The van der Waals surface area contributed by atoms with E-state index in [4.69, 9.17) is 10.9 Å². The van der Waals surface area contributed by atoms with Crippen LogP contribution in [0.2, 0.25) is 0 Å². The summed E-state index contributed by atoms with van der Waals surface area (Å²) in [4.78, 5) is 5.46. The van der Waals surface area contributed by atoms with Crippen molar-refractivity contribution in [2.24, 2.45) is 10.9 Å². The van der Waals surface area contributed by atoms with Gasteiger partial charge in [-0.25, -0.2) is 0 Å². The summed E-state index contributed by atoms with van der Waals surface area (Å²) in [6.07, 6.45) is 2.59. The number of aromatic nitrogens is 1. The third-order valence-electron chi connectivity index (χ3n) is 2.73. The lowest BCUT2D eigenvalue weighted by Gasteiger charge is -2.08. The summed E-state index contributed by atoms with van der Waals surface area (Å²) >= 11 is 5.19. The molecule has 0 unspecified atom stereocenters. The molecule has 0 spiro atoms. The van der Waals surface area contributed by atoms with Crippen molar-refractivity contribution in [3.05, 3.63) is 50.4 Å². The molecule has 2 rings (SSSR count). The third kappa shape index (κ3) is 4.03. The number of hydrogen-bond donors (Lipinski definition) is 3. The van der Waals surface area contributed by atoms with Crippen LogP contribution in [0, 0.1) is 0 Å². The van der Waals surface area contributed by atoms with Gasteiger partial charge in [-0.3, -0.25) is 4.98 Å². The molecule has 0 amide bonds. The number of hydrogen-bond acceptors (Lipinski definition) is 5. The molecule has 0 fully saturated rings. The fourth-order valence-corrected chi connectivity index (χ4v) is 3.26. The van der Waals surface area contributed by atoms with Gasteiger partial charge in [-0.1, -0.05) is 11.2 Å². The Hall–Kier alpha value is -1.44. The summed E-state index contributed by atoms with van der Waals surface area (Å²) in [6, 6.07) is 7.91. The summed E-state index contributed by atoms with van der Waals surface area (Å²) in [5.74, 6) is 0.0320. The molecule has 0 bridgehead atoms. The van der Waals surface area contributed by atoms with E-state index >= 15 is 0 Å². The molecule has 0 saturated carbocycles. The minimum Gasteiger partial charge on any atom is -0.409 e. The number of halogens is 1. The maximum Gasteiger partial charge on any atom is 0.189 e. The Morgan fingerprint density at radius 1 is 1.45 bits per heavy atom. The first-order valence-corrected chi connectivity index (χ1v) is 7.68. The molecule has 4 N–H and O–H groups in total. The Morgan fingerprint density at radius 2 is 2.30 bits per heavy atom. The molecule has 5 nitrogen and oxygen atoms in total. The summed E-state index contributed by atoms with van der Waals surface area (Å²) in [5, 5.41) is 15.1.